The number of halogens is 1. The predicted octanol–water partition coefficient (Wildman–Crippen LogP) is 1.79. The van der Waals surface area contributed by atoms with Gasteiger partial charge in [-0.3, -0.25) is 9.55 Å². The number of imidazole rings is 1. The van der Waals surface area contributed by atoms with Gasteiger partial charge in [-0.15, -0.1) is 11.6 Å². The molecule has 3 rings (SSSR count). The molecular weight excluding hydrogens is 278 g/mol. The molecule has 0 aliphatic rings. The summed E-state index contributed by atoms with van der Waals surface area (Å²) in [7, 11) is 0. The van der Waals surface area contributed by atoms with Gasteiger partial charge < -0.3 is 11.1 Å². The molecule has 0 aliphatic heterocycles. The van der Waals surface area contributed by atoms with Crippen molar-refractivity contribution in [2.24, 2.45) is 0 Å². The van der Waals surface area contributed by atoms with Crippen molar-refractivity contribution in [2.75, 3.05) is 16.9 Å². The van der Waals surface area contributed by atoms with Crippen molar-refractivity contribution < 1.29 is 0 Å². The summed E-state index contributed by atoms with van der Waals surface area (Å²) in [6.45, 7) is 0.567. The van der Waals surface area contributed by atoms with Crippen LogP contribution in [0.2, 0.25) is 0 Å². The molecule has 3 N–H and O–H groups in total. The van der Waals surface area contributed by atoms with Gasteiger partial charge in [0, 0.05) is 18.6 Å². The summed E-state index contributed by atoms with van der Waals surface area (Å²) < 4.78 is 1.87. The molecule has 0 saturated heterocycles. The van der Waals surface area contributed by atoms with Crippen molar-refractivity contribution in [3.05, 3.63) is 30.9 Å². The van der Waals surface area contributed by atoms with Gasteiger partial charge in [0.1, 0.15) is 6.33 Å². The first-order valence-corrected chi connectivity index (χ1v) is 6.53. The van der Waals surface area contributed by atoms with Crippen LogP contribution in [0.25, 0.3) is 11.2 Å². The third kappa shape index (κ3) is 2.23. The fourth-order valence-corrected chi connectivity index (χ4v) is 2.08. The van der Waals surface area contributed by atoms with E-state index < -0.39 is 0 Å². The Labute approximate surface area is 119 Å². The van der Waals surface area contributed by atoms with Crippen LogP contribution < -0.4 is 11.1 Å². The van der Waals surface area contributed by atoms with Crippen LogP contribution in [0.4, 0.5) is 17.5 Å². The number of aromatic nitrogens is 5. The Bertz CT molecular complexity index is 725. The maximum absolute atomic E-state index is 5.84. The summed E-state index contributed by atoms with van der Waals surface area (Å²) in [5.74, 6) is 1.40. The number of nitrogens with two attached hydrogens (primary N) is 1. The molecule has 0 bridgehead atoms. The van der Waals surface area contributed by atoms with E-state index in [1.54, 1.807) is 12.4 Å². The average molecular weight is 290 g/mol. The second kappa shape index (κ2) is 5.30. The smallest absolute Gasteiger partial charge is 0.209 e. The molecule has 0 aromatic carbocycles. The van der Waals surface area contributed by atoms with Crippen LogP contribution in [0.15, 0.2) is 30.9 Å². The number of fused-ring (bicyclic) bond motifs is 1. The number of pyridine rings is 1. The van der Waals surface area contributed by atoms with E-state index in [9.17, 15) is 0 Å². The van der Waals surface area contributed by atoms with Crippen LogP contribution in [0.5, 0.6) is 0 Å². The van der Waals surface area contributed by atoms with Crippen molar-refractivity contribution >= 4 is 40.2 Å². The molecule has 7 nitrogen and oxygen atoms in total. The Hall–Kier alpha value is -2.41. The van der Waals surface area contributed by atoms with Gasteiger partial charge in [0.05, 0.1) is 11.9 Å². The van der Waals surface area contributed by atoms with Gasteiger partial charge in [0.2, 0.25) is 5.95 Å². The summed E-state index contributed by atoms with van der Waals surface area (Å²) >= 11 is 5.84. The number of nitrogen functional groups attached to an aromatic ring is 1. The number of anilines is 3. The summed E-state index contributed by atoms with van der Waals surface area (Å²) in [6, 6.07) is 3.73. The van der Waals surface area contributed by atoms with Gasteiger partial charge >= 0.3 is 0 Å². The first-order chi connectivity index (χ1) is 9.79. The van der Waals surface area contributed by atoms with Crippen LogP contribution in [-0.4, -0.2) is 30.4 Å². The fraction of sp³-hybridized carbons (Fsp3) is 0.167. The van der Waals surface area contributed by atoms with Crippen LogP contribution in [-0.2, 0) is 6.54 Å². The van der Waals surface area contributed by atoms with Crippen LogP contribution in [0.3, 0.4) is 0 Å². The number of aryl methyl sites for hydroxylation is 1. The van der Waals surface area contributed by atoms with Gasteiger partial charge in [-0.25, -0.2) is 15.0 Å². The lowest BCUT2D eigenvalue weighted by Gasteiger charge is -2.08. The first-order valence-electron chi connectivity index (χ1n) is 5.99. The van der Waals surface area contributed by atoms with E-state index in [0.29, 0.717) is 35.4 Å². The zero-order valence-corrected chi connectivity index (χ0v) is 11.2. The topological polar surface area (TPSA) is 94.5 Å². The monoisotopic (exact) mass is 289 g/mol. The molecular formula is C12H12ClN7. The second-order valence-corrected chi connectivity index (χ2v) is 4.45. The average Bonchev–Trinajstić information content (AvgIpc) is 2.80. The molecule has 102 valence electrons. The lowest BCUT2D eigenvalue weighted by molar-refractivity contribution is 0.793. The van der Waals surface area contributed by atoms with E-state index in [1.807, 2.05) is 16.7 Å². The third-order valence-electron chi connectivity index (χ3n) is 2.79. The molecule has 3 aromatic rings. The molecule has 0 amide bonds. The lowest BCUT2D eigenvalue weighted by atomic mass is 10.4. The lowest BCUT2D eigenvalue weighted by Crippen LogP contribution is -2.06. The predicted molar refractivity (Wildman–Crippen MR) is 78.0 cm³/mol. The zero-order chi connectivity index (χ0) is 13.9. The highest BCUT2D eigenvalue weighted by Gasteiger charge is 2.14. The number of rotatable bonds is 4. The van der Waals surface area contributed by atoms with E-state index >= 15 is 0 Å². The molecule has 0 aliphatic carbocycles. The van der Waals surface area contributed by atoms with E-state index in [-0.39, 0.29) is 0 Å². The standard InChI is InChI=1S/C12H12ClN7/c13-3-5-20-11-9(10(14)16-7-17-11)19-12(20)18-8-2-1-4-15-6-8/h1-2,4,6-7H,3,5H2,(H,18,19)(H2,14,16,17). The van der Waals surface area contributed by atoms with E-state index in [1.165, 1.54) is 6.33 Å². The maximum Gasteiger partial charge on any atom is 0.209 e. The quantitative estimate of drug-likeness (QED) is 0.711. The van der Waals surface area contributed by atoms with Crippen molar-refractivity contribution in [3.8, 4) is 0 Å². The molecule has 3 aromatic heterocycles. The Morgan fingerprint density at radius 2 is 2.25 bits per heavy atom. The summed E-state index contributed by atoms with van der Waals surface area (Å²) in [5, 5.41) is 3.18. The highest BCUT2D eigenvalue weighted by atomic mass is 35.5. The molecule has 8 heteroatoms. The Balaban J connectivity index is 2.09. The number of alkyl halides is 1. The number of hydrogen-bond donors (Lipinski definition) is 2. The number of nitrogens with one attached hydrogen (secondary N) is 1. The summed E-state index contributed by atoms with van der Waals surface area (Å²) in [6.07, 6.45) is 4.83. The number of nitrogens with zero attached hydrogens (tertiary/aromatic N) is 5. The highest BCUT2D eigenvalue weighted by molar-refractivity contribution is 6.17. The minimum atomic E-state index is 0.345. The molecule has 3 heterocycles. The normalized spacial score (nSPS) is 10.8. The van der Waals surface area contributed by atoms with E-state index in [0.717, 1.165) is 5.69 Å². The van der Waals surface area contributed by atoms with Gasteiger partial charge in [0.25, 0.3) is 0 Å². The van der Waals surface area contributed by atoms with Gasteiger partial charge in [-0.1, -0.05) is 0 Å². The van der Waals surface area contributed by atoms with Crippen LogP contribution in [0, 0.1) is 0 Å². The van der Waals surface area contributed by atoms with Gasteiger partial charge in [-0.05, 0) is 12.1 Å². The van der Waals surface area contributed by atoms with Crippen molar-refractivity contribution in [1.29, 1.82) is 0 Å². The van der Waals surface area contributed by atoms with E-state index in [4.69, 9.17) is 17.3 Å². The maximum atomic E-state index is 5.84. The van der Waals surface area contributed by atoms with Crippen LogP contribution >= 0.6 is 11.6 Å². The zero-order valence-electron chi connectivity index (χ0n) is 10.5. The minimum Gasteiger partial charge on any atom is -0.382 e. The molecule has 0 saturated carbocycles. The Kier molecular flexibility index (Phi) is 3.34. The molecule has 0 spiro atoms. The van der Waals surface area contributed by atoms with Crippen LogP contribution in [0.1, 0.15) is 0 Å². The molecule has 0 unspecified atom stereocenters. The fourth-order valence-electron chi connectivity index (χ4n) is 1.91. The summed E-state index contributed by atoms with van der Waals surface area (Å²) in [4.78, 5) is 16.7. The minimum absolute atomic E-state index is 0.345. The third-order valence-corrected chi connectivity index (χ3v) is 2.96. The Morgan fingerprint density at radius 1 is 1.35 bits per heavy atom. The van der Waals surface area contributed by atoms with E-state index in [2.05, 4.69) is 25.3 Å². The van der Waals surface area contributed by atoms with Gasteiger partial charge in [0.15, 0.2) is 17.0 Å². The largest absolute Gasteiger partial charge is 0.382 e. The molecule has 0 radical (unpaired) electrons. The number of hydrogen-bond acceptors (Lipinski definition) is 6. The molecule has 0 atom stereocenters. The second-order valence-electron chi connectivity index (χ2n) is 4.07. The Morgan fingerprint density at radius 3 is 3.00 bits per heavy atom. The van der Waals surface area contributed by atoms with Crippen molar-refractivity contribution in [1.82, 2.24) is 24.5 Å². The first kappa shape index (κ1) is 12.6. The van der Waals surface area contributed by atoms with Crippen molar-refractivity contribution in [3.63, 3.8) is 0 Å². The molecule has 0 fully saturated rings. The van der Waals surface area contributed by atoms with Gasteiger partial charge in [-0.2, -0.15) is 0 Å². The molecule has 20 heavy (non-hydrogen) atoms. The highest BCUT2D eigenvalue weighted by Crippen LogP contribution is 2.23. The van der Waals surface area contributed by atoms with Crippen molar-refractivity contribution in [2.45, 2.75) is 6.54 Å². The SMILES string of the molecule is Nc1ncnc2c1nc(Nc1cccnc1)n2CCCl. The summed E-state index contributed by atoms with van der Waals surface area (Å²) in [5.41, 5.74) is 7.87.